The highest BCUT2D eigenvalue weighted by Crippen LogP contribution is 2.28. The van der Waals surface area contributed by atoms with E-state index in [-0.39, 0.29) is 0 Å². The largest absolute Gasteiger partial charge is 0.496 e. The van der Waals surface area contributed by atoms with E-state index < -0.39 is 6.04 Å². The molecule has 1 heterocycles. The number of para-hydroxylation sites is 1. The second-order valence-electron chi connectivity index (χ2n) is 4.34. The van der Waals surface area contributed by atoms with Crippen molar-refractivity contribution in [3.63, 3.8) is 0 Å². The van der Waals surface area contributed by atoms with Crippen LogP contribution in [0.15, 0.2) is 28.8 Å². The third-order valence-electron chi connectivity index (χ3n) is 2.76. The third-order valence-corrected chi connectivity index (χ3v) is 2.76. The van der Waals surface area contributed by atoms with Gasteiger partial charge in [-0.1, -0.05) is 24.2 Å². The summed E-state index contributed by atoms with van der Waals surface area (Å²) >= 11 is 0. The van der Waals surface area contributed by atoms with Gasteiger partial charge in [-0.2, -0.15) is 4.98 Å². The van der Waals surface area contributed by atoms with Crippen molar-refractivity contribution in [2.75, 3.05) is 20.3 Å². The highest BCUT2D eigenvalue weighted by Gasteiger charge is 2.17. The van der Waals surface area contributed by atoms with E-state index in [2.05, 4.69) is 10.1 Å². The first-order chi connectivity index (χ1) is 9.76. The van der Waals surface area contributed by atoms with Crippen molar-refractivity contribution in [1.82, 2.24) is 10.1 Å². The van der Waals surface area contributed by atoms with E-state index in [1.54, 1.807) is 7.11 Å². The van der Waals surface area contributed by atoms with Gasteiger partial charge in [0.1, 0.15) is 5.75 Å². The lowest BCUT2D eigenvalue weighted by atomic mass is 10.2. The standard InChI is InChI=1S/C14H19N3O3/c1-3-8-19-9-11(15)13-16-14(20-17-13)10-6-4-5-7-12(10)18-2/h4-7,11H,3,8-9,15H2,1-2H3. The normalized spacial score (nSPS) is 12.3. The molecule has 0 radical (unpaired) electrons. The van der Waals surface area contributed by atoms with Crippen LogP contribution < -0.4 is 10.5 Å². The van der Waals surface area contributed by atoms with Gasteiger partial charge in [0.15, 0.2) is 5.82 Å². The van der Waals surface area contributed by atoms with Gasteiger partial charge in [0.2, 0.25) is 0 Å². The van der Waals surface area contributed by atoms with E-state index in [0.717, 1.165) is 12.0 Å². The first-order valence-corrected chi connectivity index (χ1v) is 6.56. The summed E-state index contributed by atoms with van der Waals surface area (Å²) in [5, 5.41) is 3.90. The van der Waals surface area contributed by atoms with Crippen LogP contribution >= 0.6 is 0 Å². The molecule has 0 aliphatic carbocycles. The smallest absolute Gasteiger partial charge is 0.261 e. The van der Waals surface area contributed by atoms with Gasteiger partial charge in [0, 0.05) is 6.61 Å². The van der Waals surface area contributed by atoms with Crippen molar-refractivity contribution in [2.24, 2.45) is 5.73 Å². The van der Waals surface area contributed by atoms with Crippen LogP contribution in [0.2, 0.25) is 0 Å². The molecule has 0 amide bonds. The second-order valence-corrected chi connectivity index (χ2v) is 4.34. The molecule has 1 unspecified atom stereocenters. The van der Waals surface area contributed by atoms with Crippen molar-refractivity contribution in [3.05, 3.63) is 30.1 Å². The number of hydrogen-bond acceptors (Lipinski definition) is 6. The van der Waals surface area contributed by atoms with Crippen LogP contribution in [0.5, 0.6) is 5.75 Å². The molecule has 1 aromatic heterocycles. The highest BCUT2D eigenvalue weighted by atomic mass is 16.5. The molecule has 0 bridgehead atoms. The van der Waals surface area contributed by atoms with Gasteiger partial charge in [-0.05, 0) is 18.6 Å². The highest BCUT2D eigenvalue weighted by molar-refractivity contribution is 5.62. The van der Waals surface area contributed by atoms with Crippen molar-refractivity contribution in [2.45, 2.75) is 19.4 Å². The molecule has 6 heteroatoms. The van der Waals surface area contributed by atoms with Crippen LogP contribution in [0.1, 0.15) is 25.2 Å². The fourth-order valence-corrected chi connectivity index (χ4v) is 1.75. The number of ether oxygens (including phenoxy) is 2. The van der Waals surface area contributed by atoms with Gasteiger partial charge >= 0.3 is 0 Å². The predicted molar refractivity (Wildman–Crippen MR) is 74.3 cm³/mol. The van der Waals surface area contributed by atoms with E-state index in [4.69, 9.17) is 19.7 Å². The van der Waals surface area contributed by atoms with Gasteiger partial charge < -0.3 is 19.7 Å². The minimum Gasteiger partial charge on any atom is -0.496 e. The number of rotatable bonds is 7. The lowest BCUT2D eigenvalue weighted by Crippen LogP contribution is -2.18. The number of benzene rings is 1. The Hall–Kier alpha value is -1.92. The van der Waals surface area contributed by atoms with E-state index in [9.17, 15) is 0 Å². The maximum Gasteiger partial charge on any atom is 0.261 e. The number of hydrogen-bond donors (Lipinski definition) is 1. The zero-order chi connectivity index (χ0) is 14.4. The minimum absolute atomic E-state index is 0.374. The lowest BCUT2D eigenvalue weighted by Gasteiger charge is -2.06. The molecule has 108 valence electrons. The third kappa shape index (κ3) is 3.34. The molecule has 2 aromatic rings. The summed E-state index contributed by atoms with van der Waals surface area (Å²) in [4.78, 5) is 4.30. The Balaban J connectivity index is 2.12. The lowest BCUT2D eigenvalue weighted by molar-refractivity contribution is 0.119. The molecule has 2 N–H and O–H groups in total. The number of nitrogens with two attached hydrogens (primary N) is 1. The first-order valence-electron chi connectivity index (χ1n) is 6.56. The summed E-state index contributed by atoms with van der Waals surface area (Å²) in [6, 6.07) is 7.06. The second kappa shape index (κ2) is 7.02. The monoisotopic (exact) mass is 277 g/mol. The molecule has 0 aliphatic heterocycles. The fourth-order valence-electron chi connectivity index (χ4n) is 1.75. The Bertz CT molecular complexity index is 542. The Labute approximate surface area is 117 Å². The maximum atomic E-state index is 5.96. The minimum atomic E-state index is -0.395. The van der Waals surface area contributed by atoms with Crippen LogP contribution in [0.25, 0.3) is 11.5 Å². The molecule has 0 saturated carbocycles. The molecule has 1 aromatic carbocycles. The molecule has 0 aliphatic rings. The number of aromatic nitrogens is 2. The average Bonchev–Trinajstić information content (AvgIpc) is 2.97. The summed E-state index contributed by atoms with van der Waals surface area (Å²) in [7, 11) is 1.60. The zero-order valence-corrected chi connectivity index (χ0v) is 11.7. The average molecular weight is 277 g/mol. The topological polar surface area (TPSA) is 83.4 Å². The van der Waals surface area contributed by atoms with E-state index >= 15 is 0 Å². The SMILES string of the molecule is CCCOCC(N)c1noc(-c2ccccc2OC)n1. The van der Waals surface area contributed by atoms with Crippen molar-refractivity contribution >= 4 is 0 Å². The fraction of sp³-hybridized carbons (Fsp3) is 0.429. The Morgan fingerprint density at radius 1 is 1.35 bits per heavy atom. The summed E-state index contributed by atoms with van der Waals surface area (Å²) in [6.45, 7) is 3.09. The van der Waals surface area contributed by atoms with E-state index in [0.29, 0.717) is 30.7 Å². The van der Waals surface area contributed by atoms with Crippen LogP contribution in [0.4, 0.5) is 0 Å². The molecular weight excluding hydrogens is 258 g/mol. The molecule has 0 spiro atoms. The quantitative estimate of drug-likeness (QED) is 0.781. The van der Waals surface area contributed by atoms with Gasteiger partial charge in [-0.25, -0.2) is 0 Å². The van der Waals surface area contributed by atoms with Crippen LogP contribution in [-0.2, 0) is 4.74 Å². The summed E-state index contributed by atoms with van der Waals surface area (Å²) < 4.78 is 15.9. The summed E-state index contributed by atoms with van der Waals surface area (Å²) in [6.07, 6.45) is 0.950. The van der Waals surface area contributed by atoms with Crippen molar-refractivity contribution < 1.29 is 14.0 Å². The van der Waals surface area contributed by atoms with Gasteiger partial charge in [-0.3, -0.25) is 0 Å². The van der Waals surface area contributed by atoms with E-state index in [1.165, 1.54) is 0 Å². The predicted octanol–water partition coefficient (Wildman–Crippen LogP) is 2.17. The van der Waals surface area contributed by atoms with Crippen LogP contribution in [0, 0.1) is 0 Å². The molecule has 2 rings (SSSR count). The van der Waals surface area contributed by atoms with Crippen molar-refractivity contribution in [3.8, 4) is 17.2 Å². The Kier molecular flexibility index (Phi) is 5.09. The first kappa shape index (κ1) is 14.5. The Morgan fingerprint density at radius 3 is 2.90 bits per heavy atom. The van der Waals surface area contributed by atoms with E-state index in [1.807, 2.05) is 31.2 Å². The molecule has 20 heavy (non-hydrogen) atoms. The number of methoxy groups -OCH3 is 1. The van der Waals surface area contributed by atoms with Crippen LogP contribution in [0.3, 0.4) is 0 Å². The maximum absolute atomic E-state index is 5.96. The summed E-state index contributed by atoms with van der Waals surface area (Å²) in [5.41, 5.74) is 6.70. The molecule has 0 fully saturated rings. The molecule has 1 atom stereocenters. The Morgan fingerprint density at radius 2 is 2.15 bits per heavy atom. The molecule has 0 saturated heterocycles. The van der Waals surface area contributed by atoms with Crippen molar-refractivity contribution in [1.29, 1.82) is 0 Å². The molecule has 6 nitrogen and oxygen atoms in total. The van der Waals surface area contributed by atoms with Crippen LogP contribution in [-0.4, -0.2) is 30.5 Å². The summed E-state index contributed by atoms with van der Waals surface area (Å²) in [5.74, 6) is 1.50. The van der Waals surface area contributed by atoms with Gasteiger partial charge in [0.25, 0.3) is 5.89 Å². The molecular formula is C14H19N3O3. The van der Waals surface area contributed by atoms with Gasteiger partial charge in [0.05, 0.1) is 25.3 Å². The number of nitrogens with zero attached hydrogens (tertiary/aromatic N) is 2. The van der Waals surface area contributed by atoms with Gasteiger partial charge in [-0.15, -0.1) is 0 Å². The zero-order valence-electron chi connectivity index (χ0n) is 11.7.